The fourth-order valence-electron chi connectivity index (χ4n) is 3.95. The van der Waals surface area contributed by atoms with Gasteiger partial charge in [0.25, 0.3) is 0 Å². The molecule has 5 heteroatoms. The number of hydrogen-bond donors (Lipinski definition) is 2. The van der Waals surface area contributed by atoms with Crippen molar-refractivity contribution < 1.29 is 9.90 Å². The Kier molecular flexibility index (Phi) is 3.30. The molecule has 3 rings (SSSR count). The summed E-state index contributed by atoms with van der Waals surface area (Å²) in [5.41, 5.74) is -0.590. The standard InChI is InChI=1S/C13H23N3O2/c17-12(18)13(16-8-4-14-5-9-16)3-7-15-6-1-2-11(15)10-13/h11,14H,1-10H2,(H,17,18). The van der Waals surface area contributed by atoms with Gasteiger partial charge in [-0.3, -0.25) is 9.69 Å². The van der Waals surface area contributed by atoms with Gasteiger partial charge in [0.15, 0.2) is 0 Å². The highest BCUT2D eigenvalue weighted by atomic mass is 16.4. The number of nitrogens with one attached hydrogen (secondary N) is 1. The molecule has 3 aliphatic rings. The van der Waals surface area contributed by atoms with Crippen LogP contribution in [0.1, 0.15) is 25.7 Å². The molecule has 2 atom stereocenters. The van der Waals surface area contributed by atoms with Crippen LogP contribution in [0.4, 0.5) is 0 Å². The summed E-state index contributed by atoms with van der Waals surface area (Å²) in [4.78, 5) is 16.6. The molecule has 102 valence electrons. The van der Waals surface area contributed by atoms with Gasteiger partial charge in [-0.2, -0.15) is 0 Å². The average molecular weight is 253 g/mol. The Morgan fingerprint density at radius 1 is 1.22 bits per heavy atom. The summed E-state index contributed by atoms with van der Waals surface area (Å²) in [6.07, 6.45) is 4.03. The molecule has 0 amide bonds. The van der Waals surface area contributed by atoms with Crippen molar-refractivity contribution in [3.8, 4) is 0 Å². The Balaban J connectivity index is 1.80. The third kappa shape index (κ3) is 1.94. The number of piperidine rings is 1. The van der Waals surface area contributed by atoms with Crippen LogP contribution >= 0.6 is 0 Å². The summed E-state index contributed by atoms with van der Waals surface area (Å²) in [6.45, 7) is 5.72. The quantitative estimate of drug-likeness (QED) is 0.724. The van der Waals surface area contributed by atoms with E-state index in [-0.39, 0.29) is 0 Å². The first-order valence-electron chi connectivity index (χ1n) is 7.16. The van der Waals surface area contributed by atoms with Gasteiger partial charge in [-0.1, -0.05) is 0 Å². The van der Waals surface area contributed by atoms with E-state index in [2.05, 4.69) is 15.1 Å². The molecular formula is C13H23N3O2. The Morgan fingerprint density at radius 2 is 2.00 bits per heavy atom. The molecule has 0 aliphatic carbocycles. The molecule has 3 aliphatic heterocycles. The van der Waals surface area contributed by atoms with Crippen molar-refractivity contribution in [2.75, 3.05) is 39.3 Å². The topological polar surface area (TPSA) is 55.8 Å². The predicted molar refractivity (Wildman–Crippen MR) is 68.6 cm³/mol. The van der Waals surface area contributed by atoms with Crippen molar-refractivity contribution >= 4 is 5.97 Å². The van der Waals surface area contributed by atoms with Crippen molar-refractivity contribution in [2.24, 2.45) is 0 Å². The minimum absolute atomic E-state index is 0.504. The maximum absolute atomic E-state index is 11.9. The van der Waals surface area contributed by atoms with E-state index >= 15 is 0 Å². The number of hydrogen-bond acceptors (Lipinski definition) is 4. The molecule has 0 bridgehead atoms. The Hall–Kier alpha value is -0.650. The number of piperazine rings is 1. The van der Waals surface area contributed by atoms with Crippen molar-refractivity contribution in [2.45, 2.75) is 37.3 Å². The molecular weight excluding hydrogens is 230 g/mol. The molecule has 2 unspecified atom stereocenters. The van der Waals surface area contributed by atoms with Crippen LogP contribution in [-0.4, -0.2) is 71.7 Å². The monoisotopic (exact) mass is 253 g/mol. The van der Waals surface area contributed by atoms with Crippen molar-refractivity contribution in [1.29, 1.82) is 0 Å². The van der Waals surface area contributed by atoms with Gasteiger partial charge in [0.1, 0.15) is 5.54 Å². The maximum atomic E-state index is 11.9. The molecule has 0 saturated carbocycles. The van der Waals surface area contributed by atoms with E-state index in [1.54, 1.807) is 0 Å². The first-order chi connectivity index (χ1) is 8.72. The van der Waals surface area contributed by atoms with Gasteiger partial charge < -0.3 is 15.3 Å². The minimum atomic E-state index is -0.601. The van der Waals surface area contributed by atoms with E-state index in [0.29, 0.717) is 6.04 Å². The van der Waals surface area contributed by atoms with Gasteiger partial charge in [0, 0.05) is 38.8 Å². The average Bonchev–Trinajstić information content (AvgIpc) is 2.86. The van der Waals surface area contributed by atoms with Crippen LogP contribution in [0, 0.1) is 0 Å². The Morgan fingerprint density at radius 3 is 2.72 bits per heavy atom. The molecule has 0 radical (unpaired) electrons. The fraction of sp³-hybridized carbons (Fsp3) is 0.923. The lowest BCUT2D eigenvalue weighted by Gasteiger charge is -2.49. The number of aliphatic carboxylic acids is 1. The van der Waals surface area contributed by atoms with Crippen LogP contribution in [0.15, 0.2) is 0 Å². The number of fused-ring (bicyclic) bond motifs is 1. The smallest absolute Gasteiger partial charge is 0.324 e. The summed E-state index contributed by atoms with van der Waals surface area (Å²) in [5, 5.41) is 13.1. The highest BCUT2D eigenvalue weighted by molar-refractivity contribution is 5.79. The molecule has 0 aromatic rings. The second-order valence-corrected chi connectivity index (χ2v) is 5.86. The molecule has 3 saturated heterocycles. The lowest BCUT2D eigenvalue weighted by Crippen LogP contribution is -2.65. The van der Waals surface area contributed by atoms with Gasteiger partial charge in [0.2, 0.25) is 0 Å². The van der Waals surface area contributed by atoms with Crippen molar-refractivity contribution in [1.82, 2.24) is 15.1 Å². The third-order valence-corrected chi connectivity index (χ3v) is 5.01. The third-order valence-electron chi connectivity index (χ3n) is 5.01. The van der Waals surface area contributed by atoms with E-state index < -0.39 is 11.5 Å². The van der Waals surface area contributed by atoms with Crippen LogP contribution < -0.4 is 5.32 Å². The largest absolute Gasteiger partial charge is 0.480 e. The first-order valence-corrected chi connectivity index (χ1v) is 7.16. The highest BCUT2D eigenvalue weighted by Gasteiger charge is 2.50. The fourth-order valence-corrected chi connectivity index (χ4v) is 3.95. The Bertz CT molecular complexity index is 330. The maximum Gasteiger partial charge on any atom is 0.324 e. The number of nitrogens with zero attached hydrogens (tertiary/aromatic N) is 2. The summed E-state index contributed by atoms with van der Waals surface area (Å²) in [5.74, 6) is -0.601. The van der Waals surface area contributed by atoms with E-state index in [9.17, 15) is 9.90 Å². The van der Waals surface area contributed by atoms with E-state index in [4.69, 9.17) is 0 Å². The zero-order valence-electron chi connectivity index (χ0n) is 10.9. The van der Waals surface area contributed by atoms with Crippen LogP contribution in [0.25, 0.3) is 0 Å². The van der Waals surface area contributed by atoms with Gasteiger partial charge in [0.05, 0.1) is 0 Å². The van der Waals surface area contributed by atoms with E-state index in [1.165, 1.54) is 19.4 Å². The summed E-state index contributed by atoms with van der Waals surface area (Å²) >= 11 is 0. The lowest BCUT2D eigenvalue weighted by atomic mass is 9.81. The first kappa shape index (κ1) is 12.4. The summed E-state index contributed by atoms with van der Waals surface area (Å²) in [6, 6.07) is 0.504. The minimum Gasteiger partial charge on any atom is -0.480 e. The SMILES string of the molecule is O=C(O)C1(N2CCNCC2)CCN2CCCC2C1. The number of rotatable bonds is 2. The van der Waals surface area contributed by atoms with Crippen LogP contribution in [0.5, 0.6) is 0 Å². The molecule has 5 nitrogen and oxygen atoms in total. The van der Waals surface area contributed by atoms with E-state index in [1.807, 2.05) is 0 Å². The Labute approximate surface area is 108 Å². The molecule has 18 heavy (non-hydrogen) atoms. The molecule has 0 aromatic carbocycles. The zero-order chi connectivity index (χ0) is 12.6. The second kappa shape index (κ2) is 4.79. The van der Waals surface area contributed by atoms with Crippen molar-refractivity contribution in [3.63, 3.8) is 0 Å². The molecule has 2 N–H and O–H groups in total. The van der Waals surface area contributed by atoms with Crippen LogP contribution in [-0.2, 0) is 4.79 Å². The predicted octanol–water partition coefficient (Wildman–Crippen LogP) is -0.0268. The van der Waals surface area contributed by atoms with Gasteiger partial charge >= 0.3 is 5.97 Å². The van der Waals surface area contributed by atoms with Gasteiger partial charge in [-0.15, -0.1) is 0 Å². The zero-order valence-corrected chi connectivity index (χ0v) is 10.9. The summed E-state index contributed by atoms with van der Waals surface area (Å²) in [7, 11) is 0. The van der Waals surface area contributed by atoms with Gasteiger partial charge in [-0.05, 0) is 32.2 Å². The lowest BCUT2D eigenvalue weighted by molar-refractivity contribution is -0.157. The number of carboxylic acids is 1. The molecule has 0 spiro atoms. The summed E-state index contributed by atoms with van der Waals surface area (Å²) < 4.78 is 0. The highest BCUT2D eigenvalue weighted by Crippen LogP contribution is 2.37. The molecule has 3 fully saturated rings. The number of carboxylic acid groups (broad SMARTS) is 1. The normalized spacial score (nSPS) is 38.6. The van der Waals surface area contributed by atoms with E-state index in [0.717, 1.165) is 45.6 Å². The molecule has 0 aromatic heterocycles. The van der Waals surface area contributed by atoms with Crippen LogP contribution in [0.3, 0.4) is 0 Å². The van der Waals surface area contributed by atoms with Gasteiger partial charge in [-0.25, -0.2) is 0 Å². The van der Waals surface area contributed by atoms with Crippen LogP contribution in [0.2, 0.25) is 0 Å². The molecule has 3 heterocycles. The second-order valence-electron chi connectivity index (χ2n) is 5.86. The van der Waals surface area contributed by atoms with Crippen molar-refractivity contribution in [3.05, 3.63) is 0 Å². The number of carbonyl (C=O) groups is 1.